The maximum Gasteiger partial charge on any atom is 0.178 e. The lowest BCUT2D eigenvalue weighted by Gasteiger charge is -2.03. The molecular weight excluding hydrogens is 232 g/mol. The van der Waals surface area contributed by atoms with E-state index in [4.69, 9.17) is 16.3 Å². The molecule has 0 N–H and O–H groups in total. The molecule has 0 saturated carbocycles. The minimum absolute atomic E-state index is 0.0223. The summed E-state index contributed by atoms with van der Waals surface area (Å²) in [7, 11) is 0. The Morgan fingerprint density at radius 2 is 2.40 bits per heavy atom. The number of thiophene rings is 1. The maximum atomic E-state index is 12.0. The van der Waals surface area contributed by atoms with Crippen molar-refractivity contribution >= 4 is 28.7 Å². The number of ketones is 1. The Morgan fingerprint density at radius 1 is 1.67 bits per heavy atom. The standard InChI is InChI=1S/C11H13ClO2S/c1-6-3-9(15-11(6)12)10(13)8-4-7(2)14-5-8/h3,7-8H,4-5H2,1-2H3. The van der Waals surface area contributed by atoms with E-state index in [1.54, 1.807) is 0 Å². The van der Waals surface area contributed by atoms with Crippen LogP contribution in [0.3, 0.4) is 0 Å². The van der Waals surface area contributed by atoms with E-state index in [1.165, 1.54) is 11.3 Å². The SMILES string of the molecule is Cc1cc(C(=O)C2COC(C)C2)sc1Cl. The first-order valence-corrected chi connectivity index (χ1v) is 6.19. The monoisotopic (exact) mass is 244 g/mol. The van der Waals surface area contributed by atoms with Crippen LogP contribution in [0.25, 0.3) is 0 Å². The van der Waals surface area contributed by atoms with Crippen molar-refractivity contribution in [1.82, 2.24) is 0 Å². The molecule has 0 amide bonds. The third-order valence-corrected chi connectivity index (χ3v) is 4.24. The van der Waals surface area contributed by atoms with Gasteiger partial charge in [0.25, 0.3) is 0 Å². The topological polar surface area (TPSA) is 26.3 Å². The molecule has 0 radical (unpaired) electrons. The first-order chi connectivity index (χ1) is 7.08. The van der Waals surface area contributed by atoms with Crippen LogP contribution in [0, 0.1) is 12.8 Å². The molecule has 1 aromatic rings. The van der Waals surface area contributed by atoms with Gasteiger partial charge in [-0.3, -0.25) is 4.79 Å². The number of aryl methyl sites for hydroxylation is 1. The quantitative estimate of drug-likeness (QED) is 0.746. The summed E-state index contributed by atoms with van der Waals surface area (Å²) >= 11 is 7.31. The second-order valence-electron chi connectivity index (χ2n) is 4.01. The van der Waals surface area contributed by atoms with Crippen molar-refractivity contribution < 1.29 is 9.53 Å². The van der Waals surface area contributed by atoms with Crippen LogP contribution in [-0.4, -0.2) is 18.5 Å². The highest BCUT2D eigenvalue weighted by molar-refractivity contribution is 7.18. The van der Waals surface area contributed by atoms with Crippen LogP contribution in [0.5, 0.6) is 0 Å². The molecule has 2 nitrogen and oxygen atoms in total. The summed E-state index contributed by atoms with van der Waals surface area (Å²) in [5.74, 6) is 0.202. The molecule has 0 bridgehead atoms. The van der Waals surface area contributed by atoms with Gasteiger partial charge in [-0.05, 0) is 31.9 Å². The molecule has 1 aromatic heterocycles. The van der Waals surface area contributed by atoms with Crippen LogP contribution in [0.4, 0.5) is 0 Å². The maximum absolute atomic E-state index is 12.0. The largest absolute Gasteiger partial charge is 0.378 e. The first kappa shape index (κ1) is 11.1. The number of halogens is 1. The summed E-state index contributed by atoms with van der Waals surface area (Å²) < 4.78 is 6.11. The summed E-state index contributed by atoms with van der Waals surface area (Å²) in [5, 5.41) is 0. The molecule has 2 atom stereocenters. The molecular formula is C11H13ClO2S. The molecule has 1 aliphatic rings. The lowest BCUT2D eigenvalue weighted by molar-refractivity contribution is 0.0881. The van der Waals surface area contributed by atoms with Gasteiger partial charge in [-0.2, -0.15) is 0 Å². The number of ether oxygens (including phenoxy) is 1. The van der Waals surface area contributed by atoms with Gasteiger partial charge in [-0.15, -0.1) is 11.3 Å². The van der Waals surface area contributed by atoms with E-state index in [1.807, 2.05) is 19.9 Å². The molecule has 0 aliphatic carbocycles. The third-order valence-electron chi connectivity index (χ3n) is 2.67. The first-order valence-electron chi connectivity index (χ1n) is 4.99. The smallest absolute Gasteiger partial charge is 0.178 e. The van der Waals surface area contributed by atoms with Gasteiger partial charge in [0.15, 0.2) is 5.78 Å². The molecule has 2 unspecified atom stereocenters. The Morgan fingerprint density at radius 3 is 2.87 bits per heavy atom. The minimum Gasteiger partial charge on any atom is -0.378 e. The lowest BCUT2D eigenvalue weighted by Crippen LogP contribution is -2.13. The molecule has 1 fully saturated rings. The number of carbonyl (C=O) groups excluding carboxylic acids is 1. The van der Waals surface area contributed by atoms with Crippen LogP contribution in [-0.2, 0) is 4.74 Å². The highest BCUT2D eigenvalue weighted by atomic mass is 35.5. The van der Waals surface area contributed by atoms with Crippen molar-refractivity contribution in [2.45, 2.75) is 26.4 Å². The van der Waals surface area contributed by atoms with Crippen molar-refractivity contribution in [3.63, 3.8) is 0 Å². The predicted molar refractivity (Wildman–Crippen MR) is 61.9 cm³/mol. The van der Waals surface area contributed by atoms with Gasteiger partial charge >= 0.3 is 0 Å². The van der Waals surface area contributed by atoms with E-state index in [9.17, 15) is 4.79 Å². The molecule has 2 heterocycles. The van der Waals surface area contributed by atoms with E-state index >= 15 is 0 Å². The Labute approximate surface area is 98.2 Å². The Hall–Kier alpha value is -0.380. The highest BCUT2D eigenvalue weighted by Crippen LogP contribution is 2.31. The van der Waals surface area contributed by atoms with Gasteiger partial charge in [0.2, 0.25) is 0 Å². The summed E-state index contributed by atoms with van der Waals surface area (Å²) in [6, 6.07) is 1.87. The minimum atomic E-state index is 0.0223. The van der Waals surface area contributed by atoms with Crippen LogP contribution in [0.15, 0.2) is 6.07 Å². The molecule has 1 saturated heterocycles. The number of hydrogen-bond acceptors (Lipinski definition) is 3. The molecule has 0 aromatic carbocycles. The second-order valence-corrected chi connectivity index (χ2v) is 5.66. The van der Waals surface area contributed by atoms with Crippen molar-refractivity contribution in [3.05, 3.63) is 20.8 Å². The molecule has 4 heteroatoms. The van der Waals surface area contributed by atoms with Crippen molar-refractivity contribution in [2.75, 3.05) is 6.61 Å². The normalized spacial score (nSPS) is 25.8. The number of carbonyl (C=O) groups is 1. The molecule has 1 aliphatic heterocycles. The van der Waals surface area contributed by atoms with Crippen molar-refractivity contribution in [3.8, 4) is 0 Å². The molecule has 82 valence electrons. The zero-order valence-electron chi connectivity index (χ0n) is 8.75. The van der Waals surface area contributed by atoms with E-state index < -0.39 is 0 Å². The third kappa shape index (κ3) is 2.25. The van der Waals surface area contributed by atoms with Crippen LogP contribution in [0.1, 0.15) is 28.6 Å². The van der Waals surface area contributed by atoms with E-state index in [2.05, 4.69) is 0 Å². The van der Waals surface area contributed by atoms with Crippen molar-refractivity contribution in [2.24, 2.45) is 5.92 Å². The van der Waals surface area contributed by atoms with Crippen LogP contribution < -0.4 is 0 Å². The fraction of sp³-hybridized carbons (Fsp3) is 0.545. The highest BCUT2D eigenvalue weighted by Gasteiger charge is 2.29. The zero-order valence-corrected chi connectivity index (χ0v) is 10.3. The summed E-state index contributed by atoms with van der Waals surface area (Å²) in [6.45, 7) is 4.47. The number of hydrogen-bond donors (Lipinski definition) is 0. The average molecular weight is 245 g/mol. The molecule has 0 spiro atoms. The lowest BCUT2D eigenvalue weighted by atomic mass is 10.00. The van der Waals surface area contributed by atoms with Gasteiger partial charge in [-0.1, -0.05) is 11.6 Å². The van der Waals surface area contributed by atoms with Gasteiger partial charge < -0.3 is 4.74 Å². The fourth-order valence-electron chi connectivity index (χ4n) is 1.78. The molecule has 2 rings (SSSR count). The second kappa shape index (κ2) is 4.24. The Balaban J connectivity index is 2.14. The summed E-state index contributed by atoms with van der Waals surface area (Å²) in [4.78, 5) is 12.8. The summed E-state index contributed by atoms with van der Waals surface area (Å²) in [6.07, 6.45) is 1.03. The number of Topliss-reactive ketones (excluding diaryl/α,β-unsaturated/α-hetero) is 1. The average Bonchev–Trinajstić information content (AvgIpc) is 2.74. The fourth-order valence-corrected chi connectivity index (χ4v) is 3.00. The van der Waals surface area contributed by atoms with E-state index in [-0.39, 0.29) is 17.8 Å². The van der Waals surface area contributed by atoms with E-state index in [0.717, 1.165) is 16.9 Å². The number of rotatable bonds is 2. The van der Waals surface area contributed by atoms with Gasteiger partial charge in [0.05, 0.1) is 21.9 Å². The van der Waals surface area contributed by atoms with E-state index in [0.29, 0.717) is 10.9 Å². The van der Waals surface area contributed by atoms with Gasteiger partial charge in [0.1, 0.15) is 0 Å². The Kier molecular flexibility index (Phi) is 3.14. The summed E-state index contributed by atoms with van der Waals surface area (Å²) in [5.41, 5.74) is 0.983. The van der Waals surface area contributed by atoms with Gasteiger partial charge in [0, 0.05) is 5.92 Å². The predicted octanol–water partition coefficient (Wildman–Crippen LogP) is 3.32. The van der Waals surface area contributed by atoms with Crippen molar-refractivity contribution in [1.29, 1.82) is 0 Å². The molecule has 15 heavy (non-hydrogen) atoms. The van der Waals surface area contributed by atoms with Gasteiger partial charge in [-0.25, -0.2) is 0 Å². The van der Waals surface area contributed by atoms with Crippen LogP contribution in [0.2, 0.25) is 4.34 Å². The zero-order chi connectivity index (χ0) is 11.0. The van der Waals surface area contributed by atoms with Crippen LogP contribution >= 0.6 is 22.9 Å². The Bertz CT molecular complexity index is 366.